The highest BCUT2D eigenvalue weighted by Crippen LogP contribution is 2.30. The highest BCUT2D eigenvalue weighted by molar-refractivity contribution is 9.10. The third-order valence-electron chi connectivity index (χ3n) is 3.57. The molecular formula is C14H19BrFN. The van der Waals surface area contributed by atoms with E-state index in [1.807, 2.05) is 6.07 Å². The molecule has 0 amide bonds. The first kappa shape index (κ1) is 12.9. The van der Waals surface area contributed by atoms with E-state index in [1.54, 1.807) is 12.1 Å². The average Bonchev–Trinajstić information content (AvgIpc) is 2.36. The smallest absolute Gasteiger partial charge is 0.146 e. The first-order valence-corrected chi connectivity index (χ1v) is 7.23. The maximum Gasteiger partial charge on any atom is 0.146 e. The molecule has 0 radical (unpaired) electrons. The Labute approximate surface area is 111 Å². The molecule has 94 valence electrons. The van der Waals surface area contributed by atoms with Crippen LogP contribution in [0.4, 0.5) is 10.1 Å². The van der Waals surface area contributed by atoms with Crippen molar-refractivity contribution in [3.05, 3.63) is 28.5 Å². The lowest BCUT2D eigenvalue weighted by Gasteiger charge is -2.35. The molecule has 1 saturated carbocycles. The van der Waals surface area contributed by atoms with Gasteiger partial charge < -0.3 is 4.90 Å². The molecule has 0 N–H and O–H groups in total. The monoisotopic (exact) mass is 299 g/mol. The first-order valence-electron chi connectivity index (χ1n) is 6.44. The molecule has 1 aliphatic rings. The van der Waals surface area contributed by atoms with Crippen molar-refractivity contribution < 1.29 is 4.39 Å². The van der Waals surface area contributed by atoms with Crippen molar-refractivity contribution in [3.63, 3.8) is 0 Å². The van der Waals surface area contributed by atoms with Crippen LogP contribution in [0.2, 0.25) is 0 Å². The summed E-state index contributed by atoms with van der Waals surface area (Å²) >= 11 is 3.42. The van der Waals surface area contributed by atoms with Gasteiger partial charge in [-0.25, -0.2) is 4.39 Å². The lowest BCUT2D eigenvalue weighted by Crippen LogP contribution is -2.37. The molecule has 0 saturated heterocycles. The lowest BCUT2D eigenvalue weighted by atomic mass is 9.94. The molecule has 17 heavy (non-hydrogen) atoms. The van der Waals surface area contributed by atoms with Crippen molar-refractivity contribution in [3.8, 4) is 0 Å². The second-order valence-electron chi connectivity index (χ2n) is 4.67. The summed E-state index contributed by atoms with van der Waals surface area (Å²) in [4.78, 5) is 2.22. The van der Waals surface area contributed by atoms with Gasteiger partial charge in [0.25, 0.3) is 0 Å². The Hall–Kier alpha value is -0.570. The first-order chi connectivity index (χ1) is 8.22. The number of nitrogens with zero attached hydrogens (tertiary/aromatic N) is 1. The maximum absolute atomic E-state index is 13.9. The molecular weight excluding hydrogens is 281 g/mol. The van der Waals surface area contributed by atoms with Crippen molar-refractivity contribution >= 4 is 21.6 Å². The number of anilines is 1. The molecule has 0 heterocycles. The molecule has 0 aliphatic heterocycles. The summed E-state index contributed by atoms with van der Waals surface area (Å²) in [7, 11) is 0. The van der Waals surface area contributed by atoms with Gasteiger partial charge >= 0.3 is 0 Å². The van der Waals surface area contributed by atoms with Crippen LogP contribution in [0.25, 0.3) is 0 Å². The van der Waals surface area contributed by atoms with Crippen LogP contribution in [0.5, 0.6) is 0 Å². The van der Waals surface area contributed by atoms with Crippen LogP contribution in [0.15, 0.2) is 22.7 Å². The molecule has 0 bridgehead atoms. The summed E-state index contributed by atoms with van der Waals surface area (Å²) in [6.45, 7) is 2.98. The third kappa shape index (κ3) is 3.01. The summed E-state index contributed by atoms with van der Waals surface area (Å²) in [5.41, 5.74) is 0.744. The molecule has 0 aromatic heterocycles. The Morgan fingerprint density at radius 2 is 2.00 bits per heavy atom. The predicted octanol–water partition coefficient (Wildman–Crippen LogP) is 4.75. The molecule has 1 nitrogen and oxygen atoms in total. The molecule has 0 atom stereocenters. The van der Waals surface area contributed by atoms with Gasteiger partial charge in [-0.2, -0.15) is 0 Å². The Bertz CT molecular complexity index is 374. The lowest BCUT2D eigenvalue weighted by molar-refractivity contribution is 0.414. The highest BCUT2D eigenvalue weighted by atomic mass is 79.9. The predicted molar refractivity (Wildman–Crippen MR) is 74.0 cm³/mol. The minimum Gasteiger partial charge on any atom is -0.366 e. The summed E-state index contributed by atoms with van der Waals surface area (Å²) in [5, 5.41) is 0. The van der Waals surface area contributed by atoms with Crippen molar-refractivity contribution in [2.45, 2.75) is 45.1 Å². The number of benzene rings is 1. The largest absolute Gasteiger partial charge is 0.366 e. The Balaban J connectivity index is 2.24. The van der Waals surface area contributed by atoms with Crippen LogP contribution in [0, 0.1) is 5.82 Å². The molecule has 2 rings (SSSR count). The minimum absolute atomic E-state index is 0.111. The van der Waals surface area contributed by atoms with Gasteiger partial charge in [-0.3, -0.25) is 0 Å². The Kier molecular flexibility index (Phi) is 4.43. The number of halogens is 2. The van der Waals surface area contributed by atoms with Crippen LogP contribution >= 0.6 is 15.9 Å². The van der Waals surface area contributed by atoms with Crippen molar-refractivity contribution in [2.75, 3.05) is 11.4 Å². The Morgan fingerprint density at radius 1 is 1.29 bits per heavy atom. The summed E-state index contributed by atoms with van der Waals surface area (Å²) in [6, 6.07) is 5.71. The van der Waals surface area contributed by atoms with Gasteiger partial charge in [-0.05, 0) is 38.0 Å². The van der Waals surface area contributed by atoms with E-state index < -0.39 is 0 Å². The van der Waals surface area contributed by atoms with Crippen molar-refractivity contribution in [1.82, 2.24) is 0 Å². The van der Waals surface area contributed by atoms with E-state index in [9.17, 15) is 4.39 Å². The third-order valence-corrected chi connectivity index (χ3v) is 4.07. The molecule has 0 unspecified atom stereocenters. The van der Waals surface area contributed by atoms with E-state index in [-0.39, 0.29) is 5.82 Å². The molecule has 1 aromatic rings. The number of hydrogen-bond acceptors (Lipinski definition) is 1. The average molecular weight is 300 g/mol. The summed E-state index contributed by atoms with van der Waals surface area (Å²) < 4.78 is 14.8. The van der Waals surface area contributed by atoms with Crippen molar-refractivity contribution in [2.24, 2.45) is 0 Å². The van der Waals surface area contributed by atoms with E-state index in [0.29, 0.717) is 6.04 Å². The fraction of sp³-hybridized carbons (Fsp3) is 0.571. The van der Waals surface area contributed by atoms with Crippen LogP contribution in [0.1, 0.15) is 39.0 Å². The normalized spacial score (nSPS) is 17.1. The fourth-order valence-electron chi connectivity index (χ4n) is 2.72. The standard InChI is InChI=1S/C14H19BrFN/c1-2-17(12-6-4-3-5-7-12)14-10-11(15)8-9-13(14)16/h8-10,12H,2-7H2,1H3. The molecule has 0 spiro atoms. The summed E-state index contributed by atoms with van der Waals surface area (Å²) in [5.74, 6) is -0.111. The highest BCUT2D eigenvalue weighted by Gasteiger charge is 2.22. The zero-order valence-electron chi connectivity index (χ0n) is 10.3. The van der Waals surface area contributed by atoms with Gasteiger partial charge in [0.1, 0.15) is 5.82 Å². The van der Waals surface area contributed by atoms with Crippen LogP contribution in [-0.4, -0.2) is 12.6 Å². The van der Waals surface area contributed by atoms with E-state index in [1.165, 1.54) is 32.1 Å². The second-order valence-corrected chi connectivity index (χ2v) is 5.59. The zero-order chi connectivity index (χ0) is 12.3. The SMILES string of the molecule is CCN(c1cc(Br)ccc1F)C1CCCCC1. The van der Waals surface area contributed by atoms with Gasteiger partial charge in [0, 0.05) is 17.1 Å². The molecule has 1 aromatic carbocycles. The maximum atomic E-state index is 13.9. The number of rotatable bonds is 3. The van der Waals surface area contributed by atoms with E-state index in [4.69, 9.17) is 0 Å². The van der Waals surface area contributed by atoms with Gasteiger partial charge in [-0.15, -0.1) is 0 Å². The van der Waals surface area contributed by atoms with Gasteiger partial charge in [-0.1, -0.05) is 35.2 Å². The Morgan fingerprint density at radius 3 is 2.65 bits per heavy atom. The van der Waals surface area contributed by atoms with E-state index >= 15 is 0 Å². The summed E-state index contributed by atoms with van der Waals surface area (Å²) in [6.07, 6.45) is 6.27. The molecule has 1 aliphatic carbocycles. The minimum atomic E-state index is -0.111. The number of hydrogen-bond donors (Lipinski definition) is 0. The second kappa shape index (κ2) is 5.85. The van der Waals surface area contributed by atoms with Crippen molar-refractivity contribution in [1.29, 1.82) is 0 Å². The van der Waals surface area contributed by atoms with Gasteiger partial charge in [0.05, 0.1) is 5.69 Å². The van der Waals surface area contributed by atoms with Gasteiger partial charge in [0.2, 0.25) is 0 Å². The zero-order valence-corrected chi connectivity index (χ0v) is 11.8. The van der Waals surface area contributed by atoms with Crippen LogP contribution in [0.3, 0.4) is 0 Å². The quantitative estimate of drug-likeness (QED) is 0.779. The van der Waals surface area contributed by atoms with E-state index in [0.717, 1.165) is 16.7 Å². The van der Waals surface area contributed by atoms with Gasteiger partial charge in [0.15, 0.2) is 0 Å². The van der Waals surface area contributed by atoms with Crippen LogP contribution in [-0.2, 0) is 0 Å². The van der Waals surface area contributed by atoms with E-state index in [2.05, 4.69) is 27.8 Å². The molecule has 3 heteroatoms. The molecule has 1 fully saturated rings. The fourth-order valence-corrected chi connectivity index (χ4v) is 3.07. The topological polar surface area (TPSA) is 3.24 Å². The van der Waals surface area contributed by atoms with Crippen LogP contribution < -0.4 is 4.90 Å².